The van der Waals surface area contributed by atoms with Gasteiger partial charge in [-0.15, -0.1) is 11.3 Å². The summed E-state index contributed by atoms with van der Waals surface area (Å²) in [7, 11) is 0. The van der Waals surface area contributed by atoms with Gasteiger partial charge in [0.25, 0.3) is 0 Å². The van der Waals surface area contributed by atoms with E-state index in [2.05, 4.69) is 49.2 Å². The van der Waals surface area contributed by atoms with Crippen molar-refractivity contribution < 1.29 is 0 Å². The molecule has 0 radical (unpaired) electrons. The highest BCUT2D eigenvalue weighted by molar-refractivity contribution is 7.11. The SMILES string of the molecule is CCCCc1sc(C)nc1Cc1ccccc1. The number of thiazole rings is 1. The molecule has 0 aliphatic heterocycles. The van der Waals surface area contributed by atoms with E-state index in [0.29, 0.717) is 0 Å². The minimum atomic E-state index is 0.976. The maximum absolute atomic E-state index is 4.68. The molecule has 1 aromatic carbocycles. The maximum atomic E-state index is 4.68. The van der Waals surface area contributed by atoms with Gasteiger partial charge in [-0.3, -0.25) is 0 Å². The zero-order chi connectivity index (χ0) is 12.1. The van der Waals surface area contributed by atoms with Gasteiger partial charge in [0, 0.05) is 11.3 Å². The fraction of sp³-hybridized carbons (Fsp3) is 0.400. The molecule has 17 heavy (non-hydrogen) atoms. The molecule has 0 spiro atoms. The van der Waals surface area contributed by atoms with Crippen molar-refractivity contribution in [3.63, 3.8) is 0 Å². The van der Waals surface area contributed by atoms with Crippen molar-refractivity contribution in [3.05, 3.63) is 51.5 Å². The molecule has 2 heteroatoms. The Morgan fingerprint density at radius 1 is 1.18 bits per heavy atom. The smallest absolute Gasteiger partial charge is 0.0900 e. The highest BCUT2D eigenvalue weighted by Gasteiger charge is 2.09. The van der Waals surface area contributed by atoms with E-state index >= 15 is 0 Å². The molecular weight excluding hydrogens is 226 g/mol. The third-order valence-electron chi connectivity index (χ3n) is 2.86. The van der Waals surface area contributed by atoms with Gasteiger partial charge in [0.2, 0.25) is 0 Å². The van der Waals surface area contributed by atoms with Crippen molar-refractivity contribution >= 4 is 11.3 Å². The Bertz CT molecular complexity index is 459. The summed E-state index contributed by atoms with van der Waals surface area (Å²) in [5.41, 5.74) is 2.64. The Hall–Kier alpha value is -1.15. The predicted molar refractivity (Wildman–Crippen MR) is 74.7 cm³/mol. The Labute approximate surface area is 108 Å². The maximum Gasteiger partial charge on any atom is 0.0900 e. The van der Waals surface area contributed by atoms with Crippen molar-refractivity contribution in [2.24, 2.45) is 0 Å². The lowest BCUT2D eigenvalue weighted by molar-refractivity contribution is 0.795. The minimum Gasteiger partial charge on any atom is -0.246 e. The van der Waals surface area contributed by atoms with Gasteiger partial charge in [0.05, 0.1) is 10.7 Å². The average Bonchev–Trinajstić information content (AvgIpc) is 2.68. The lowest BCUT2D eigenvalue weighted by Gasteiger charge is -2.02. The minimum absolute atomic E-state index is 0.976. The van der Waals surface area contributed by atoms with E-state index in [1.54, 1.807) is 0 Å². The number of aryl methyl sites for hydroxylation is 2. The lowest BCUT2D eigenvalue weighted by Crippen LogP contribution is -1.93. The summed E-state index contributed by atoms with van der Waals surface area (Å²) in [5, 5.41) is 1.20. The second-order valence-corrected chi connectivity index (χ2v) is 5.66. The molecule has 0 aliphatic rings. The third-order valence-corrected chi connectivity index (χ3v) is 3.93. The van der Waals surface area contributed by atoms with E-state index in [1.807, 2.05) is 11.3 Å². The van der Waals surface area contributed by atoms with E-state index in [9.17, 15) is 0 Å². The number of benzene rings is 1. The van der Waals surface area contributed by atoms with Gasteiger partial charge >= 0.3 is 0 Å². The quantitative estimate of drug-likeness (QED) is 0.761. The van der Waals surface area contributed by atoms with Crippen LogP contribution in [0, 0.1) is 6.92 Å². The zero-order valence-corrected chi connectivity index (χ0v) is 11.4. The summed E-state index contributed by atoms with van der Waals surface area (Å²) >= 11 is 1.86. The summed E-state index contributed by atoms with van der Waals surface area (Å²) < 4.78 is 0. The monoisotopic (exact) mass is 245 g/mol. The highest BCUT2D eigenvalue weighted by Crippen LogP contribution is 2.22. The summed E-state index contributed by atoms with van der Waals surface area (Å²) in [5.74, 6) is 0. The van der Waals surface area contributed by atoms with E-state index < -0.39 is 0 Å². The van der Waals surface area contributed by atoms with E-state index in [-0.39, 0.29) is 0 Å². The molecule has 0 fully saturated rings. The van der Waals surface area contributed by atoms with Crippen LogP contribution in [-0.2, 0) is 12.8 Å². The topological polar surface area (TPSA) is 12.9 Å². The second-order valence-electron chi connectivity index (χ2n) is 4.37. The normalized spacial score (nSPS) is 10.7. The molecule has 90 valence electrons. The van der Waals surface area contributed by atoms with Gasteiger partial charge in [-0.25, -0.2) is 4.98 Å². The molecule has 1 aromatic heterocycles. The first-order valence-electron chi connectivity index (χ1n) is 6.28. The third kappa shape index (κ3) is 3.40. The van der Waals surface area contributed by atoms with Crippen LogP contribution in [-0.4, -0.2) is 4.98 Å². The predicted octanol–water partition coefficient (Wildman–Crippen LogP) is 4.38. The molecule has 1 nitrogen and oxygen atoms in total. The van der Waals surface area contributed by atoms with E-state index in [4.69, 9.17) is 0 Å². The molecule has 2 rings (SSSR count). The molecule has 0 saturated heterocycles. The molecule has 0 saturated carbocycles. The van der Waals surface area contributed by atoms with Crippen LogP contribution < -0.4 is 0 Å². The molecule has 1 heterocycles. The summed E-state index contributed by atoms with van der Waals surface area (Å²) in [4.78, 5) is 6.16. The molecule has 0 bridgehead atoms. The van der Waals surface area contributed by atoms with Crippen LogP contribution in [0.25, 0.3) is 0 Å². The van der Waals surface area contributed by atoms with Crippen LogP contribution in [0.15, 0.2) is 30.3 Å². The molecule has 0 aliphatic carbocycles. The second kappa shape index (κ2) is 5.97. The molecule has 0 N–H and O–H groups in total. The summed E-state index contributed by atoms with van der Waals surface area (Å²) in [6.45, 7) is 4.35. The van der Waals surface area contributed by atoms with Crippen LogP contribution in [0.2, 0.25) is 0 Å². The van der Waals surface area contributed by atoms with Gasteiger partial charge in [-0.1, -0.05) is 43.7 Å². The van der Waals surface area contributed by atoms with E-state index in [0.717, 1.165) is 6.42 Å². The Morgan fingerprint density at radius 3 is 2.65 bits per heavy atom. The number of hydrogen-bond acceptors (Lipinski definition) is 2. The van der Waals surface area contributed by atoms with Crippen molar-refractivity contribution in [2.75, 3.05) is 0 Å². The van der Waals surface area contributed by atoms with Crippen molar-refractivity contribution in [3.8, 4) is 0 Å². The van der Waals surface area contributed by atoms with Gasteiger partial charge in [-0.05, 0) is 25.3 Å². The molecule has 2 aromatic rings. The first-order valence-corrected chi connectivity index (χ1v) is 7.10. The van der Waals surface area contributed by atoms with Crippen molar-refractivity contribution in [1.82, 2.24) is 4.98 Å². The van der Waals surface area contributed by atoms with Crippen molar-refractivity contribution in [2.45, 2.75) is 39.5 Å². The van der Waals surface area contributed by atoms with Gasteiger partial charge in [-0.2, -0.15) is 0 Å². The zero-order valence-electron chi connectivity index (χ0n) is 10.6. The standard InChI is InChI=1S/C15H19NS/c1-3-4-10-15-14(16-12(2)17-15)11-13-8-6-5-7-9-13/h5-9H,3-4,10-11H2,1-2H3. The summed E-state index contributed by atoms with van der Waals surface area (Å²) in [6.07, 6.45) is 4.68. The Morgan fingerprint density at radius 2 is 1.94 bits per heavy atom. The first kappa shape index (κ1) is 12.3. The molecule has 0 atom stereocenters. The van der Waals surface area contributed by atoms with Crippen molar-refractivity contribution in [1.29, 1.82) is 0 Å². The Kier molecular flexibility index (Phi) is 4.32. The Balaban J connectivity index is 2.14. The largest absolute Gasteiger partial charge is 0.246 e. The molecule has 0 amide bonds. The van der Waals surface area contributed by atoms with Gasteiger partial charge < -0.3 is 0 Å². The number of hydrogen-bond donors (Lipinski definition) is 0. The van der Waals surface area contributed by atoms with Crippen LogP contribution in [0.1, 0.15) is 40.9 Å². The number of unbranched alkanes of at least 4 members (excludes halogenated alkanes) is 1. The van der Waals surface area contributed by atoms with Gasteiger partial charge in [0.1, 0.15) is 0 Å². The van der Waals surface area contributed by atoms with E-state index in [1.165, 1.54) is 40.4 Å². The van der Waals surface area contributed by atoms with Crippen LogP contribution >= 0.6 is 11.3 Å². The van der Waals surface area contributed by atoms with Crippen LogP contribution in [0.3, 0.4) is 0 Å². The fourth-order valence-electron chi connectivity index (χ4n) is 1.97. The first-order chi connectivity index (χ1) is 8.29. The molecule has 0 unspecified atom stereocenters. The van der Waals surface area contributed by atoms with Crippen LogP contribution in [0.5, 0.6) is 0 Å². The lowest BCUT2D eigenvalue weighted by atomic mass is 10.1. The fourth-order valence-corrected chi connectivity index (χ4v) is 2.97. The number of nitrogens with zero attached hydrogens (tertiary/aromatic N) is 1. The molecular formula is C15H19NS. The number of rotatable bonds is 5. The highest BCUT2D eigenvalue weighted by atomic mass is 32.1. The summed E-state index contributed by atoms with van der Waals surface area (Å²) in [6, 6.07) is 10.6. The number of aromatic nitrogens is 1. The average molecular weight is 245 g/mol. The van der Waals surface area contributed by atoms with Crippen LogP contribution in [0.4, 0.5) is 0 Å². The van der Waals surface area contributed by atoms with Gasteiger partial charge in [0.15, 0.2) is 0 Å².